The zero-order chi connectivity index (χ0) is 19.9. The van der Waals surface area contributed by atoms with Gasteiger partial charge >= 0.3 is 6.03 Å². The summed E-state index contributed by atoms with van der Waals surface area (Å²) in [5.41, 5.74) is 1.16. The first-order valence-electron chi connectivity index (χ1n) is 10.4. The SMILES string of the molecule is CC(C)N(CCCN1CCOCC1)C(=O)N[C@@H](C)c1cccc2ccccc12. The van der Waals surface area contributed by atoms with Crippen LogP contribution in [0.1, 0.15) is 38.8 Å². The Balaban J connectivity index is 1.59. The molecule has 5 heteroatoms. The summed E-state index contributed by atoms with van der Waals surface area (Å²) in [5.74, 6) is 0. The van der Waals surface area contributed by atoms with Crippen LogP contribution >= 0.6 is 0 Å². The number of rotatable bonds is 7. The summed E-state index contributed by atoms with van der Waals surface area (Å²) in [5, 5.41) is 5.61. The number of urea groups is 1. The maximum Gasteiger partial charge on any atom is 0.318 e. The van der Waals surface area contributed by atoms with Crippen LogP contribution in [0.4, 0.5) is 4.79 Å². The van der Waals surface area contributed by atoms with E-state index in [0.717, 1.165) is 51.4 Å². The molecule has 0 unspecified atom stereocenters. The lowest BCUT2D eigenvalue weighted by atomic mass is 10.00. The van der Waals surface area contributed by atoms with E-state index in [0.29, 0.717) is 0 Å². The van der Waals surface area contributed by atoms with Gasteiger partial charge in [0.1, 0.15) is 0 Å². The van der Waals surface area contributed by atoms with Crippen molar-refractivity contribution < 1.29 is 9.53 Å². The van der Waals surface area contributed by atoms with E-state index in [9.17, 15) is 4.79 Å². The molecule has 2 aromatic rings. The van der Waals surface area contributed by atoms with Crippen LogP contribution in [0.2, 0.25) is 0 Å². The van der Waals surface area contributed by atoms with Gasteiger partial charge in [0.15, 0.2) is 0 Å². The van der Waals surface area contributed by atoms with E-state index in [1.54, 1.807) is 0 Å². The Bertz CT molecular complexity index is 766. The Morgan fingerprint density at radius 3 is 2.57 bits per heavy atom. The van der Waals surface area contributed by atoms with Gasteiger partial charge in [-0.05, 0) is 43.5 Å². The summed E-state index contributed by atoms with van der Waals surface area (Å²) >= 11 is 0. The standard InChI is InChI=1S/C23H33N3O2/c1-18(2)26(13-7-12-25-14-16-28-17-15-25)23(27)24-19(3)21-11-6-9-20-8-4-5-10-22(20)21/h4-6,8-11,18-19H,7,12-17H2,1-3H3,(H,24,27)/t19-/m0/s1. The topological polar surface area (TPSA) is 44.8 Å². The van der Waals surface area contributed by atoms with Gasteiger partial charge in [0.2, 0.25) is 0 Å². The van der Waals surface area contributed by atoms with E-state index in [-0.39, 0.29) is 18.1 Å². The lowest BCUT2D eigenvalue weighted by Gasteiger charge is -2.31. The van der Waals surface area contributed by atoms with Crippen molar-refractivity contribution in [2.24, 2.45) is 0 Å². The van der Waals surface area contributed by atoms with Crippen molar-refractivity contribution in [3.63, 3.8) is 0 Å². The smallest absolute Gasteiger partial charge is 0.318 e. The second-order valence-corrected chi connectivity index (χ2v) is 7.83. The molecule has 0 saturated carbocycles. The van der Waals surface area contributed by atoms with Crippen molar-refractivity contribution in [2.45, 2.75) is 39.3 Å². The highest BCUT2D eigenvalue weighted by Crippen LogP contribution is 2.24. The second kappa shape index (κ2) is 9.89. The Morgan fingerprint density at radius 2 is 1.82 bits per heavy atom. The first kappa shape index (κ1) is 20.6. The highest BCUT2D eigenvalue weighted by atomic mass is 16.5. The predicted octanol–water partition coefficient (Wildman–Crippen LogP) is 4.04. The summed E-state index contributed by atoms with van der Waals surface area (Å²) < 4.78 is 5.40. The van der Waals surface area contributed by atoms with E-state index < -0.39 is 0 Å². The number of benzene rings is 2. The van der Waals surface area contributed by atoms with E-state index in [1.165, 1.54) is 10.8 Å². The van der Waals surface area contributed by atoms with Crippen LogP contribution in [0.3, 0.4) is 0 Å². The van der Waals surface area contributed by atoms with Gasteiger partial charge in [0, 0.05) is 32.2 Å². The summed E-state index contributed by atoms with van der Waals surface area (Å²) in [7, 11) is 0. The maximum absolute atomic E-state index is 13.0. The van der Waals surface area contributed by atoms with Crippen LogP contribution in [0.25, 0.3) is 10.8 Å². The second-order valence-electron chi connectivity index (χ2n) is 7.83. The molecule has 1 fully saturated rings. The van der Waals surface area contributed by atoms with Crippen LogP contribution in [-0.4, -0.2) is 61.3 Å². The fourth-order valence-electron chi connectivity index (χ4n) is 3.86. The lowest BCUT2D eigenvalue weighted by molar-refractivity contribution is 0.0362. The fourth-order valence-corrected chi connectivity index (χ4v) is 3.86. The van der Waals surface area contributed by atoms with Crippen LogP contribution in [0.5, 0.6) is 0 Å². The number of ether oxygens (including phenoxy) is 1. The number of nitrogens with one attached hydrogen (secondary N) is 1. The Hall–Kier alpha value is -2.11. The minimum atomic E-state index is -0.0425. The highest BCUT2D eigenvalue weighted by Gasteiger charge is 2.20. The minimum Gasteiger partial charge on any atom is -0.379 e. The van der Waals surface area contributed by atoms with Gasteiger partial charge in [-0.25, -0.2) is 4.79 Å². The largest absolute Gasteiger partial charge is 0.379 e. The number of carbonyl (C=O) groups excluding carboxylic acids is 1. The quantitative estimate of drug-likeness (QED) is 0.785. The highest BCUT2D eigenvalue weighted by molar-refractivity contribution is 5.86. The van der Waals surface area contributed by atoms with Gasteiger partial charge in [-0.2, -0.15) is 0 Å². The minimum absolute atomic E-state index is 0.0115. The first-order valence-corrected chi connectivity index (χ1v) is 10.4. The van der Waals surface area contributed by atoms with Crippen LogP contribution < -0.4 is 5.32 Å². The molecule has 0 radical (unpaired) electrons. The van der Waals surface area contributed by atoms with Gasteiger partial charge in [0.05, 0.1) is 19.3 Å². The number of fused-ring (bicyclic) bond motifs is 1. The van der Waals surface area contributed by atoms with Crippen LogP contribution in [-0.2, 0) is 4.74 Å². The van der Waals surface area contributed by atoms with Crippen LogP contribution in [0.15, 0.2) is 42.5 Å². The summed E-state index contributed by atoms with van der Waals surface area (Å²) in [6, 6.07) is 14.7. The van der Waals surface area contributed by atoms with E-state index in [2.05, 4.69) is 61.3 Å². The third-order valence-corrected chi connectivity index (χ3v) is 5.49. The molecule has 1 aliphatic heterocycles. The van der Waals surface area contributed by atoms with E-state index in [1.807, 2.05) is 17.0 Å². The number of carbonyl (C=O) groups is 1. The van der Waals surface area contributed by atoms with Gasteiger partial charge in [0.25, 0.3) is 0 Å². The van der Waals surface area contributed by atoms with Gasteiger partial charge in [-0.1, -0.05) is 42.5 Å². The molecule has 3 rings (SSSR count). The average molecular weight is 384 g/mol. The zero-order valence-electron chi connectivity index (χ0n) is 17.4. The molecular weight excluding hydrogens is 350 g/mol. The van der Waals surface area contributed by atoms with Crippen molar-refractivity contribution in [3.8, 4) is 0 Å². The van der Waals surface area contributed by atoms with Crippen molar-refractivity contribution >= 4 is 16.8 Å². The fraction of sp³-hybridized carbons (Fsp3) is 0.522. The molecule has 28 heavy (non-hydrogen) atoms. The molecule has 2 amide bonds. The number of hydrogen-bond acceptors (Lipinski definition) is 3. The molecule has 1 atom stereocenters. The molecule has 0 aromatic heterocycles. The molecule has 0 spiro atoms. The lowest BCUT2D eigenvalue weighted by Crippen LogP contribution is -2.46. The molecule has 0 aliphatic carbocycles. The average Bonchev–Trinajstić information content (AvgIpc) is 2.71. The third-order valence-electron chi connectivity index (χ3n) is 5.49. The first-order chi connectivity index (χ1) is 13.6. The molecule has 1 saturated heterocycles. The van der Waals surface area contributed by atoms with E-state index >= 15 is 0 Å². The molecule has 2 aromatic carbocycles. The van der Waals surface area contributed by atoms with Crippen LogP contribution in [0, 0.1) is 0 Å². The summed E-state index contributed by atoms with van der Waals surface area (Å²) in [6.07, 6.45) is 0.980. The maximum atomic E-state index is 13.0. The Morgan fingerprint density at radius 1 is 1.11 bits per heavy atom. The number of hydrogen-bond donors (Lipinski definition) is 1. The predicted molar refractivity (Wildman–Crippen MR) is 115 cm³/mol. The molecule has 0 bridgehead atoms. The van der Waals surface area contributed by atoms with Gasteiger partial charge in [-0.15, -0.1) is 0 Å². The Kier molecular flexibility index (Phi) is 7.29. The normalized spacial score (nSPS) is 16.3. The molecule has 1 aliphatic rings. The molecule has 1 N–H and O–H groups in total. The van der Waals surface area contributed by atoms with Crippen molar-refractivity contribution in [1.29, 1.82) is 0 Å². The third kappa shape index (κ3) is 5.24. The number of morpholine rings is 1. The Labute approximate surface area is 168 Å². The van der Waals surface area contributed by atoms with Crippen molar-refractivity contribution in [2.75, 3.05) is 39.4 Å². The summed E-state index contributed by atoms with van der Waals surface area (Å²) in [6.45, 7) is 11.6. The molecule has 5 nitrogen and oxygen atoms in total. The van der Waals surface area contributed by atoms with Crippen molar-refractivity contribution in [3.05, 3.63) is 48.0 Å². The van der Waals surface area contributed by atoms with E-state index in [4.69, 9.17) is 4.74 Å². The summed E-state index contributed by atoms with van der Waals surface area (Å²) in [4.78, 5) is 17.3. The van der Waals surface area contributed by atoms with Gasteiger partial charge < -0.3 is 15.0 Å². The molecule has 152 valence electrons. The molecule has 1 heterocycles. The number of nitrogens with zero attached hydrogens (tertiary/aromatic N) is 2. The van der Waals surface area contributed by atoms with Gasteiger partial charge in [-0.3, -0.25) is 4.90 Å². The molecular formula is C23H33N3O2. The van der Waals surface area contributed by atoms with Crippen molar-refractivity contribution in [1.82, 2.24) is 15.1 Å². The number of amides is 2. The monoisotopic (exact) mass is 383 g/mol. The zero-order valence-corrected chi connectivity index (χ0v) is 17.4.